The molecule has 0 aliphatic rings. The van der Waals surface area contributed by atoms with Crippen molar-refractivity contribution in [2.24, 2.45) is 5.10 Å². The van der Waals surface area contributed by atoms with E-state index < -0.39 is 11.7 Å². The Labute approximate surface area is 180 Å². The van der Waals surface area contributed by atoms with E-state index in [1.165, 1.54) is 29.7 Å². The van der Waals surface area contributed by atoms with Crippen molar-refractivity contribution in [2.75, 3.05) is 11.9 Å². The molecule has 1 heterocycles. The summed E-state index contributed by atoms with van der Waals surface area (Å²) in [4.78, 5) is 16.3. The van der Waals surface area contributed by atoms with E-state index in [9.17, 15) is 18.0 Å². The molecule has 0 unspecified atom stereocenters. The molecule has 162 valence electrons. The number of carbonyl (C=O) groups excluding carboxylic acids is 1. The highest BCUT2D eigenvalue weighted by atomic mass is 32.1. The van der Waals surface area contributed by atoms with Gasteiger partial charge in [-0.25, -0.2) is 10.4 Å². The predicted octanol–water partition coefficient (Wildman–Crippen LogP) is 5.00. The van der Waals surface area contributed by atoms with E-state index in [0.717, 1.165) is 23.4 Å². The normalized spacial score (nSPS) is 11.5. The summed E-state index contributed by atoms with van der Waals surface area (Å²) in [7, 11) is 0. The van der Waals surface area contributed by atoms with Crippen molar-refractivity contribution < 1.29 is 22.7 Å². The predicted molar refractivity (Wildman–Crippen MR) is 114 cm³/mol. The molecule has 0 aliphatic carbocycles. The number of alkyl halides is 3. The molecule has 0 atom stereocenters. The molecule has 0 fully saturated rings. The summed E-state index contributed by atoms with van der Waals surface area (Å²) in [6.07, 6.45) is -2.92. The van der Waals surface area contributed by atoms with E-state index in [-0.39, 0.29) is 18.0 Å². The Morgan fingerprint density at radius 1 is 1.23 bits per heavy atom. The van der Waals surface area contributed by atoms with Gasteiger partial charge in [0.2, 0.25) is 5.91 Å². The summed E-state index contributed by atoms with van der Waals surface area (Å²) in [6, 6.07) is 12.1. The third-order valence-electron chi connectivity index (χ3n) is 3.93. The van der Waals surface area contributed by atoms with E-state index in [1.54, 1.807) is 17.5 Å². The van der Waals surface area contributed by atoms with Crippen LogP contribution in [0.15, 0.2) is 59.0 Å². The average Bonchev–Trinajstić information content (AvgIpc) is 3.15. The number of carbonyl (C=O) groups is 1. The van der Waals surface area contributed by atoms with E-state index >= 15 is 0 Å². The van der Waals surface area contributed by atoms with Crippen LogP contribution in [0.25, 0.3) is 0 Å². The molecule has 2 N–H and O–H groups in total. The minimum absolute atomic E-state index is 0.0125. The maximum absolute atomic E-state index is 12.8. The summed E-state index contributed by atoms with van der Waals surface area (Å²) in [5.74, 6) is 0.389. The van der Waals surface area contributed by atoms with Crippen LogP contribution >= 0.6 is 11.3 Å². The Bertz CT molecular complexity index is 1050. The monoisotopic (exact) mass is 448 g/mol. The highest BCUT2D eigenvalue weighted by Gasteiger charge is 2.30. The third-order valence-corrected chi connectivity index (χ3v) is 4.74. The number of halogens is 3. The smallest absolute Gasteiger partial charge is 0.416 e. The second-order valence-corrected chi connectivity index (χ2v) is 7.18. The summed E-state index contributed by atoms with van der Waals surface area (Å²) < 4.78 is 43.8. The molecule has 0 bridgehead atoms. The summed E-state index contributed by atoms with van der Waals surface area (Å²) >= 11 is 1.19. The number of rotatable bonds is 8. The van der Waals surface area contributed by atoms with Crippen LogP contribution in [0.1, 0.15) is 23.7 Å². The fourth-order valence-corrected chi connectivity index (χ4v) is 3.27. The lowest BCUT2D eigenvalue weighted by molar-refractivity contribution is -0.137. The number of anilines is 2. The molecule has 0 saturated carbocycles. The Kier molecular flexibility index (Phi) is 7.24. The fraction of sp³-hybridized carbons (Fsp3) is 0.190. The maximum Gasteiger partial charge on any atom is 0.416 e. The van der Waals surface area contributed by atoms with Crippen molar-refractivity contribution in [3.63, 3.8) is 0 Å². The van der Waals surface area contributed by atoms with Crippen LogP contribution in [-0.4, -0.2) is 23.7 Å². The standard InChI is InChI=1S/C21H19F3N4O2S/c1-2-30-18-8-6-14(7-9-18)12-25-28-19(29)11-17-13-31-20(27-17)26-16-5-3-4-15(10-16)21(22,23)24/h3-10,12-13H,2,11H2,1H3,(H,26,27)(H,28,29)/b25-12-. The summed E-state index contributed by atoms with van der Waals surface area (Å²) in [6.45, 7) is 2.48. The molecule has 1 aromatic heterocycles. The Hall–Kier alpha value is -3.40. The molecular weight excluding hydrogens is 429 g/mol. The summed E-state index contributed by atoms with van der Waals surface area (Å²) in [5, 5.41) is 8.78. The number of amides is 1. The van der Waals surface area contributed by atoms with Crippen molar-refractivity contribution in [1.82, 2.24) is 10.4 Å². The lowest BCUT2D eigenvalue weighted by atomic mass is 10.2. The van der Waals surface area contributed by atoms with Crippen molar-refractivity contribution >= 4 is 34.3 Å². The third kappa shape index (κ3) is 6.82. The number of hydrogen-bond acceptors (Lipinski definition) is 6. The zero-order valence-corrected chi connectivity index (χ0v) is 17.3. The molecule has 31 heavy (non-hydrogen) atoms. The molecular formula is C21H19F3N4O2S. The van der Waals surface area contributed by atoms with Gasteiger partial charge in [0.15, 0.2) is 5.13 Å². The number of nitrogens with zero attached hydrogens (tertiary/aromatic N) is 2. The van der Waals surface area contributed by atoms with Gasteiger partial charge in [-0.2, -0.15) is 18.3 Å². The van der Waals surface area contributed by atoms with Crippen molar-refractivity contribution in [3.05, 3.63) is 70.7 Å². The largest absolute Gasteiger partial charge is 0.494 e. The SMILES string of the molecule is CCOc1ccc(/C=N\NC(=O)Cc2csc(Nc3cccc(C(F)(F)F)c3)n2)cc1. The quantitative estimate of drug-likeness (QED) is 0.376. The molecule has 0 radical (unpaired) electrons. The summed E-state index contributed by atoms with van der Waals surface area (Å²) in [5.41, 5.74) is 3.21. The van der Waals surface area contributed by atoms with Crippen LogP contribution in [0.4, 0.5) is 24.0 Å². The lowest BCUT2D eigenvalue weighted by Crippen LogP contribution is -2.19. The van der Waals surface area contributed by atoms with E-state index in [2.05, 4.69) is 20.8 Å². The number of benzene rings is 2. The van der Waals surface area contributed by atoms with Crippen LogP contribution in [0.3, 0.4) is 0 Å². The average molecular weight is 448 g/mol. The van der Waals surface area contributed by atoms with E-state index in [4.69, 9.17) is 4.74 Å². The first-order chi connectivity index (χ1) is 14.8. The van der Waals surface area contributed by atoms with Crippen molar-refractivity contribution in [1.29, 1.82) is 0 Å². The van der Waals surface area contributed by atoms with Crippen LogP contribution in [0.2, 0.25) is 0 Å². The molecule has 3 aromatic rings. The van der Waals surface area contributed by atoms with Gasteiger partial charge in [-0.3, -0.25) is 4.79 Å². The van der Waals surface area contributed by atoms with Gasteiger partial charge in [-0.15, -0.1) is 11.3 Å². The van der Waals surface area contributed by atoms with Gasteiger partial charge in [-0.05, 0) is 55.0 Å². The minimum atomic E-state index is -4.42. The first-order valence-corrected chi connectivity index (χ1v) is 10.1. The Morgan fingerprint density at radius 2 is 2.00 bits per heavy atom. The number of hydrogen-bond donors (Lipinski definition) is 2. The van der Waals surface area contributed by atoms with Crippen molar-refractivity contribution in [3.8, 4) is 5.75 Å². The minimum Gasteiger partial charge on any atom is -0.494 e. The van der Waals surface area contributed by atoms with Gasteiger partial charge in [0.25, 0.3) is 0 Å². The number of thiazole rings is 1. The van der Waals surface area contributed by atoms with Gasteiger partial charge < -0.3 is 10.1 Å². The first kappa shape index (κ1) is 22.3. The van der Waals surface area contributed by atoms with Gasteiger partial charge in [0.1, 0.15) is 5.75 Å². The molecule has 10 heteroatoms. The van der Waals surface area contributed by atoms with Gasteiger partial charge >= 0.3 is 6.18 Å². The second-order valence-electron chi connectivity index (χ2n) is 6.32. The second kappa shape index (κ2) is 10.1. The van der Waals surface area contributed by atoms with Crippen molar-refractivity contribution in [2.45, 2.75) is 19.5 Å². The molecule has 1 amide bonds. The lowest BCUT2D eigenvalue weighted by Gasteiger charge is -2.08. The van der Waals surface area contributed by atoms with E-state index in [1.807, 2.05) is 19.1 Å². The van der Waals surface area contributed by atoms with Gasteiger partial charge in [0.05, 0.1) is 30.5 Å². The highest BCUT2D eigenvalue weighted by molar-refractivity contribution is 7.13. The van der Waals surface area contributed by atoms with Crippen LogP contribution in [0, 0.1) is 0 Å². The van der Waals surface area contributed by atoms with Crippen LogP contribution in [-0.2, 0) is 17.4 Å². The molecule has 0 saturated heterocycles. The molecule has 2 aromatic carbocycles. The van der Waals surface area contributed by atoms with E-state index in [0.29, 0.717) is 17.4 Å². The molecule has 0 aliphatic heterocycles. The number of nitrogens with one attached hydrogen (secondary N) is 2. The number of hydrazone groups is 1. The maximum atomic E-state index is 12.8. The molecule has 6 nitrogen and oxygen atoms in total. The number of aromatic nitrogens is 1. The van der Waals surface area contributed by atoms with Gasteiger partial charge in [0, 0.05) is 11.1 Å². The first-order valence-electron chi connectivity index (χ1n) is 9.27. The van der Waals surface area contributed by atoms with Gasteiger partial charge in [-0.1, -0.05) is 6.07 Å². The number of ether oxygens (including phenoxy) is 1. The fourth-order valence-electron chi connectivity index (χ4n) is 2.54. The van der Waals surface area contributed by atoms with Crippen LogP contribution < -0.4 is 15.5 Å². The Morgan fingerprint density at radius 3 is 2.71 bits per heavy atom. The molecule has 0 spiro atoms. The zero-order valence-electron chi connectivity index (χ0n) is 16.4. The highest BCUT2D eigenvalue weighted by Crippen LogP contribution is 2.31. The zero-order chi connectivity index (χ0) is 22.3. The topological polar surface area (TPSA) is 75.6 Å². The van der Waals surface area contributed by atoms with Crippen LogP contribution in [0.5, 0.6) is 5.75 Å². The molecule has 3 rings (SSSR count). The Balaban J connectivity index is 1.52.